The van der Waals surface area contributed by atoms with E-state index in [-0.39, 0.29) is 33.8 Å². The van der Waals surface area contributed by atoms with Gasteiger partial charge < -0.3 is 26.4 Å². The third-order valence-corrected chi connectivity index (χ3v) is 7.30. The number of carboxylic acids is 1. The highest BCUT2D eigenvalue weighted by atomic mass is 35.5. The standard InChI is InChI=1S/C28H25Cl3N4O5/c29-17-6-3-4-15(12-17)13-23(36)33-21-11-9-19(30)24(25(21)31)26(37)34-22(27(38)39)14-32-28(40)35-20-10-8-16-5-1-2-7-18(16)20/h1-7,9,11-12,20,22H,8,10,13-14H2,(H,33,36)(H,34,37)(H,38,39)(H2,32,35,40). The number of halogens is 3. The third-order valence-electron chi connectivity index (χ3n) is 6.35. The summed E-state index contributed by atoms with van der Waals surface area (Å²) < 4.78 is 0. The molecule has 9 nitrogen and oxygen atoms in total. The van der Waals surface area contributed by atoms with Gasteiger partial charge in [0.25, 0.3) is 5.91 Å². The molecule has 3 aromatic carbocycles. The summed E-state index contributed by atoms with van der Waals surface area (Å²) in [6.45, 7) is -0.396. The number of rotatable bonds is 9. The summed E-state index contributed by atoms with van der Waals surface area (Å²) in [5.74, 6) is -2.68. The summed E-state index contributed by atoms with van der Waals surface area (Å²) in [5.41, 5.74) is 2.74. The molecule has 1 aliphatic rings. The first-order valence-corrected chi connectivity index (χ1v) is 13.4. The van der Waals surface area contributed by atoms with E-state index in [1.54, 1.807) is 24.3 Å². The third kappa shape index (κ3) is 7.24. The predicted octanol–water partition coefficient (Wildman–Crippen LogP) is 5.00. The number of urea groups is 1. The van der Waals surface area contributed by atoms with E-state index in [9.17, 15) is 24.3 Å². The molecule has 208 valence electrons. The van der Waals surface area contributed by atoms with E-state index in [0.717, 1.165) is 24.0 Å². The lowest BCUT2D eigenvalue weighted by Gasteiger charge is -2.19. The van der Waals surface area contributed by atoms with Crippen LogP contribution in [0.1, 0.15) is 39.5 Å². The van der Waals surface area contributed by atoms with Crippen molar-refractivity contribution in [2.75, 3.05) is 11.9 Å². The molecule has 2 unspecified atom stereocenters. The van der Waals surface area contributed by atoms with Crippen molar-refractivity contribution in [3.63, 3.8) is 0 Å². The second-order valence-corrected chi connectivity index (χ2v) is 10.4. The number of aliphatic carboxylic acids is 1. The number of benzene rings is 3. The summed E-state index contributed by atoms with van der Waals surface area (Å²) in [6, 6.07) is 15.1. The van der Waals surface area contributed by atoms with E-state index < -0.39 is 36.4 Å². The minimum Gasteiger partial charge on any atom is -0.480 e. The quantitative estimate of drug-likeness (QED) is 0.235. The summed E-state index contributed by atoms with van der Waals surface area (Å²) in [6.07, 6.45) is 1.56. The number of amides is 4. The van der Waals surface area contributed by atoms with Gasteiger partial charge in [-0.25, -0.2) is 9.59 Å². The summed E-state index contributed by atoms with van der Waals surface area (Å²) in [7, 11) is 0. The molecule has 0 radical (unpaired) electrons. The first-order valence-electron chi connectivity index (χ1n) is 12.3. The maximum absolute atomic E-state index is 13.0. The van der Waals surface area contributed by atoms with E-state index in [0.29, 0.717) is 10.6 Å². The molecule has 0 aromatic heterocycles. The molecule has 0 heterocycles. The first kappa shape index (κ1) is 29.2. The van der Waals surface area contributed by atoms with Crippen LogP contribution in [-0.2, 0) is 22.4 Å². The second kappa shape index (κ2) is 13.0. The highest BCUT2D eigenvalue weighted by Gasteiger charge is 2.27. The van der Waals surface area contributed by atoms with Gasteiger partial charge in [0, 0.05) is 5.02 Å². The lowest BCUT2D eigenvalue weighted by molar-refractivity contribution is -0.139. The van der Waals surface area contributed by atoms with Crippen LogP contribution in [0.5, 0.6) is 0 Å². The molecular formula is C28H25Cl3N4O5. The van der Waals surface area contributed by atoms with Crippen molar-refractivity contribution >= 4 is 64.3 Å². The van der Waals surface area contributed by atoms with E-state index in [4.69, 9.17) is 34.8 Å². The number of carbonyl (C=O) groups excluding carboxylic acids is 3. The van der Waals surface area contributed by atoms with Crippen LogP contribution in [-0.4, -0.2) is 41.5 Å². The van der Waals surface area contributed by atoms with Gasteiger partial charge in [0.05, 0.1) is 40.3 Å². The zero-order valence-electron chi connectivity index (χ0n) is 21.0. The molecule has 4 rings (SSSR count). The molecular weight excluding hydrogens is 579 g/mol. The van der Waals surface area contributed by atoms with Gasteiger partial charge in [-0.1, -0.05) is 71.2 Å². The normalized spacial score (nSPS) is 14.5. The van der Waals surface area contributed by atoms with E-state index in [1.165, 1.54) is 12.1 Å². The Labute approximate surface area is 245 Å². The van der Waals surface area contributed by atoms with Crippen molar-refractivity contribution in [2.24, 2.45) is 0 Å². The number of carbonyl (C=O) groups is 4. The largest absolute Gasteiger partial charge is 0.480 e. The molecule has 2 atom stereocenters. The summed E-state index contributed by atoms with van der Waals surface area (Å²) in [5, 5.41) is 20.2. The lowest BCUT2D eigenvalue weighted by Crippen LogP contribution is -2.50. The molecule has 0 bridgehead atoms. The Kier molecular flexibility index (Phi) is 9.52. The molecule has 1 aliphatic carbocycles. The van der Waals surface area contributed by atoms with Crippen LogP contribution in [0.3, 0.4) is 0 Å². The summed E-state index contributed by atoms with van der Waals surface area (Å²) in [4.78, 5) is 49.9. The minimum absolute atomic E-state index is 0.00229. The van der Waals surface area contributed by atoms with Gasteiger partial charge in [-0.2, -0.15) is 0 Å². The molecule has 12 heteroatoms. The maximum Gasteiger partial charge on any atom is 0.328 e. The van der Waals surface area contributed by atoms with Crippen molar-refractivity contribution in [3.05, 3.63) is 98.0 Å². The van der Waals surface area contributed by atoms with Crippen LogP contribution < -0.4 is 21.3 Å². The Bertz CT molecular complexity index is 1470. The van der Waals surface area contributed by atoms with Crippen LogP contribution >= 0.6 is 34.8 Å². The van der Waals surface area contributed by atoms with Crippen LogP contribution in [0.25, 0.3) is 0 Å². The molecule has 0 saturated carbocycles. The number of nitrogens with one attached hydrogen (secondary N) is 4. The molecule has 5 N–H and O–H groups in total. The second-order valence-electron chi connectivity index (χ2n) is 9.15. The topological polar surface area (TPSA) is 137 Å². The lowest BCUT2D eigenvalue weighted by atomic mass is 10.1. The average Bonchev–Trinajstić information content (AvgIpc) is 3.30. The van der Waals surface area contributed by atoms with Gasteiger partial charge in [0.1, 0.15) is 6.04 Å². The number of hydrogen-bond donors (Lipinski definition) is 5. The molecule has 40 heavy (non-hydrogen) atoms. The van der Waals surface area contributed by atoms with E-state index in [1.807, 2.05) is 24.3 Å². The van der Waals surface area contributed by atoms with Crippen molar-refractivity contribution in [1.82, 2.24) is 16.0 Å². The fraction of sp³-hybridized carbons (Fsp3) is 0.214. The van der Waals surface area contributed by atoms with Crippen LogP contribution in [0, 0.1) is 0 Å². The van der Waals surface area contributed by atoms with Crippen LogP contribution in [0.2, 0.25) is 15.1 Å². The Morgan fingerprint density at radius 2 is 1.75 bits per heavy atom. The van der Waals surface area contributed by atoms with Crippen molar-refractivity contribution < 1.29 is 24.3 Å². The fourth-order valence-electron chi connectivity index (χ4n) is 4.43. The predicted molar refractivity (Wildman–Crippen MR) is 153 cm³/mol. The van der Waals surface area contributed by atoms with Crippen LogP contribution in [0.15, 0.2) is 60.7 Å². The molecule has 4 amide bonds. The fourth-order valence-corrected chi connectivity index (χ4v) is 5.23. The minimum atomic E-state index is -1.48. The Morgan fingerprint density at radius 3 is 2.50 bits per heavy atom. The van der Waals surface area contributed by atoms with E-state index >= 15 is 0 Å². The number of aryl methyl sites for hydroxylation is 1. The molecule has 0 saturated heterocycles. The average molecular weight is 604 g/mol. The highest BCUT2D eigenvalue weighted by Crippen LogP contribution is 2.32. The Balaban J connectivity index is 1.38. The smallest absolute Gasteiger partial charge is 0.328 e. The van der Waals surface area contributed by atoms with Gasteiger partial charge in [0.15, 0.2) is 0 Å². The van der Waals surface area contributed by atoms with Gasteiger partial charge in [-0.3, -0.25) is 9.59 Å². The summed E-state index contributed by atoms with van der Waals surface area (Å²) >= 11 is 18.6. The maximum atomic E-state index is 13.0. The molecule has 0 fully saturated rings. The Hall–Kier alpha value is -3.79. The Morgan fingerprint density at radius 1 is 0.975 bits per heavy atom. The van der Waals surface area contributed by atoms with Crippen molar-refractivity contribution in [3.8, 4) is 0 Å². The molecule has 0 spiro atoms. The van der Waals surface area contributed by atoms with Gasteiger partial charge in [-0.15, -0.1) is 0 Å². The number of anilines is 1. The number of fused-ring (bicyclic) bond motifs is 1. The SMILES string of the molecule is O=C(Cc1cccc(Cl)c1)Nc1ccc(Cl)c(C(=O)NC(CNC(=O)NC2CCc3ccccc32)C(=O)O)c1Cl. The number of carboxylic acid groups (broad SMARTS) is 1. The zero-order chi connectivity index (χ0) is 28.8. The molecule has 0 aliphatic heterocycles. The van der Waals surface area contributed by atoms with Gasteiger partial charge in [-0.05, 0) is 53.8 Å². The van der Waals surface area contributed by atoms with Crippen molar-refractivity contribution in [2.45, 2.75) is 31.3 Å². The van der Waals surface area contributed by atoms with Crippen LogP contribution in [0.4, 0.5) is 10.5 Å². The monoisotopic (exact) mass is 602 g/mol. The first-order chi connectivity index (χ1) is 19.1. The number of hydrogen-bond acceptors (Lipinski definition) is 4. The zero-order valence-corrected chi connectivity index (χ0v) is 23.2. The van der Waals surface area contributed by atoms with Crippen molar-refractivity contribution in [1.29, 1.82) is 0 Å². The highest BCUT2D eigenvalue weighted by molar-refractivity contribution is 6.41. The molecule has 3 aromatic rings. The van der Waals surface area contributed by atoms with Gasteiger partial charge in [0.2, 0.25) is 5.91 Å². The van der Waals surface area contributed by atoms with Gasteiger partial charge >= 0.3 is 12.0 Å². The van der Waals surface area contributed by atoms with E-state index in [2.05, 4.69) is 21.3 Å².